The highest BCUT2D eigenvalue weighted by Crippen LogP contribution is 2.68. The molecule has 324 valence electrons. The van der Waals surface area contributed by atoms with Gasteiger partial charge in [0.25, 0.3) is 5.95 Å². The van der Waals surface area contributed by atoms with E-state index < -0.39 is 5.95 Å². The number of aliphatic hydroxyl groups excluding tert-OH is 2. The first-order valence-corrected chi connectivity index (χ1v) is 22.8. The fourth-order valence-corrected chi connectivity index (χ4v) is 12.6. The van der Waals surface area contributed by atoms with Crippen LogP contribution in [0.1, 0.15) is 123 Å². The highest BCUT2D eigenvalue weighted by molar-refractivity contribution is 7.22. The van der Waals surface area contributed by atoms with Crippen LogP contribution >= 0.6 is 11.3 Å². The Bertz CT molecular complexity index is 2210. The molecule has 3 unspecified atom stereocenters. The molecule has 3 fully saturated rings. The van der Waals surface area contributed by atoms with E-state index in [0.29, 0.717) is 41.2 Å². The predicted octanol–water partition coefficient (Wildman–Crippen LogP) is 9.53. The fourth-order valence-electron chi connectivity index (χ4n) is 11.8. The molecule has 2 aliphatic heterocycles. The van der Waals surface area contributed by atoms with E-state index in [0.717, 1.165) is 90.8 Å². The maximum atomic E-state index is 10.7. The molecule has 1 aromatic carbocycles. The molecule has 13 heteroatoms. The smallest absolute Gasteiger partial charge is 0.299 e. The number of dihydropyridines is 1. The minimum atomic E-state index is -0.812. The van der Waals surface area contributed by atoms with Crippen LogP contribution < -0.4 is 16.4 Å². The van der Waals surface area contributed by atoms with Crippen LogP contribution in [0.15, 0.2) is 76.2 Å². The van der Waals surface area contributed by atoms with E-state index in [1.165, 1.54) is 43.4 Å². The van der Waals surface area contributed by atoms with Crippen molar-refractivity contribution < 1.29 is 15.3 Å². The van der Waals surface area contributed by atoms with Crippen molar-refractivity contribution >= 4 is 43.9 Å². The van der Waals surface area contributed by atoms with Crippen LogP contribution in [0.2, 0.25) is 0 Å². The third-order valence-corrected chi connectivity index (χ3v) is 14.7. The van der Waals surface area contributed by atoms with Crippen molar-refractivity contribution in [3.05, 3.63) is 82.5 Å². The van der Waals surface area contributed by atoms with Crippen LogP contribution in [-0.2, 0) is 6.54 Å². The lowest BCUT2D eigenvalue weighted by Gasteiger charge is -2.63. The van der Waals surface area contributed by atoms with Crippen molar-refractivity contribution in [3.63, 3.8) is 0 Å². The average Bonchev–Trinajstić information content (AvgIpc) is 3.77. The van der Waals surface area contributed by atoms with E-state index in [2.05, 4.69) is 59.9 Å². The van der Waals surface area contributed by atoms with E-state index in [1.54, 1.807) is 0 Å². The number of aromatic nitrogens is 3. The topological polar surface area (TPSA) is 181 Å². The summed E-state index contributed by atoms with van der Waals surface area (Å²) in [4.78, 5) is 11.1. The molecule has 1 saturated heterocycles. The Kier molecular flexibility index (Phi) is 12.7. The molecule has 0 radical (unpaired) electrons. The van der Waals surface area contributed by atoms with Crippen molar-refractivity contribution in [3.8, 4) is 0 Å². The second-order valence-electron chi connectivity index (χ2n) is 19.4. The van der Waals surface area contributed by atoms with Crippen LogP contribution in [0.3, 0.4) is 0 Å². The Morgan fingerprint density at radius 3 is 2.53 bits per heavy atom. The largest absolute Gasteiger partial charge is 0.480 e. The van der Waals surface area contributed by atoms with Gasteiger partial charge in [-0.2, -0.15) is 5.10 Å². The molecule has 0 spiro atoms. The van der Waals surface area contributed by atoms with Crippen molar-refractivity contribution in [2.45, 2.75) is 125 Å². The van der Waals surface area contributed by atoms with Crippen molar-refractivity contribution in [1.29, 1.82) is 5.41 Å². The molecular formula is C47H67N9O3S. The molecule has 7 rings (SSSR count). The van der Waals surface area contributed by atoms with E-state index in [9.17, 15) is 15.6 Å². The zero-order valence-corrected chi connectivity index (χ0v) is 37.4. The standard InChI is InChI=1S/C47H67N9O3S/c1-7-45(6)27-46(19-13-21-50-20-10-11-23-57)25-44(4,5)26-47(28-45,29-46)30-56-32(3)35(24-51-56)34-17-18-38(53-39(34)42(58)59)55-22-12-14-33(41(55)49)31(2)40(48)54-43-52-36-15-8-9-16-37(36)60-43/h8-9,15-18,24,49-50,53,57-59H,7,10-14,19-23,25-30H2,1-6H3,(H2,48,52,54)/b33-31-,49-41?. The lowest BCUT2D eigenvalue weighted by Crippen LogP contribution is -2.54. The second kappa shape index (κ2) is 17.5. The number of nitrogens with one attached hydrogen (secondary N) is 3. The van der Waals surface area contributed by atoms with Crippen LogP contribution in [0.4, 0.5) is 5.13 Å². The number of hydrogen-bond acceptors (Lipinski definition) is 10. The summed E-state index contributed by atoms with van der Waals surface area (Å²) in [6.07, 6.45) is 18.6. The molecule has 0 amide bonds. The summed E-state index contributed by atoms with van der Waals surface area (Å²) in [5.41, 5.74) is 12.4. The molecule has 12 nitrogen and oxygen atoms in total. The molecule has 60 heavy (non-hydrogen) atoms. The van der Waals surface area contributed by atoms with Gasteiger partial charge in [0.05, 0.1) is 16.4 Å². The average molecular weight is 838 g/mol. The first-order valence-electron chi connectivity index (χ1n) is 22.0. The number of rotatable bonds is 15. The van der Waals surface area contributed by atoms with Crippen LogP contribution in [-0.4, -0.2) is 72.9 Å². The summed E-state index contributed by atoms with van der Waals surface area (Å²) in [6.45, 7) is 17.5. The van der Waals surface area contributed by atoms with Crippen molar-refractivity contribution in [1.82, 2.24) is 30.3 Å². The number of likely N-dealkylation sites (tertiary alicyclic amines) is 1. The summed E-state index contributed by atoms with van der Waals surface area (Å²) in [6, 6.07) is 7.89. The Morgan fingerprint density at radius 2 is 1.78 bits per heavy atom. The number of fused-ring (bicyclic) bond motifs is 3. The Hall–Kier alpha value is -4.46. The first-order chi connectivity index (χ1) is 28.6. The van der Waals surface area contributed by atoms with Gasteiger partial charge in [-0.15, -0.1) is 0 Å². The van der Waals surface area contributed by atoms with E-state index >= 15 is 0 Å². The number of piperidine rings is 1. The van der Waals surface area contributed by atoms with Gasteiger partial charge in [-0.25, -0.2) is 9.98 Å². The number of benzene rings is 1. The van der Waals surface area contributed by atoms with Gasteiger partial charge in [0.2, 0.25) is 5.13 Å². The minimum absolute atomic E-state index is 0.0951. The van der Waals surface area contributed by atoms with Gasteiger partial charge in [0.1, 0.15) is 23.2 Å². The van der Waals surface area contributed by atoms with E-state index in [4.69, 9.17) is 15.9 Å². The summed E-state index contributed by atoms with van der Waals surface area (Å²) < 4.78 is 3.22. The monoisotopic (exact) mass is 838 g/mol. The maximum absolute atomic E-state index is 10.7. The maximum Gasteiger partial charge on any atom is 0.299 e. The number of amidine groups is 2. The van der Waals surface area contributed by atoms with Crippen LogP contribution in [0.5, 0.6) is 0 Å². The van der Waals surface area contributed by atoms with Gasteiger partial charge < -0.3 is 36.6 Å². The number of para-hydroxylation sites is 1. The second-order valence-corrected chi connectivity index (χ2v) is 20.4. The number of aliphatic hydroxyl groups is 3. The summed E-state index contributed by atoms with van der Waals surface area (Å²) >= 11 is 1.48. The molecule has 2 saturated carbocycles. The normalized spacial score (nSPS) is 26.5. The number of nitrogens with two attached hydrogens (primary N) is 1. The third-order valence-electron chi connectivity index (χ3n) is 13.8. The number of aliphatic imine (C=N–C) groups is 1. The van der Waals surface area contributed by atoms with Gasteiger partial charge in [-0.3, -0.25) is 10.1 Å². The van der Waals surface area contributed by atoms with Gasteiger partial charge in [0.15, 0.2) is 0 Å². The van der Waals surface area contributed by atoms with Crippen molar-refractivity contribution in [2.24, 2.45) is 32.4 Å². The van der Waals surface area contributed by atoms with Gasteiger partial charge >= 0.3 is 0 Å². The lowest BCUT2D eigenvalue weighted by molar-refractivity contribution is -0.128. The molecule has 8 N–H and O–H groups in total. The molecule has 4 heterocycles. The molecule has 3 atom stereocenters. The van der Waals surface area contributed by atoms with Crippen molar-refractivity contribution in [2.75, 3.05) is 26.2 Å². The Morgan fingerprint density at radius 1 is 1.03 bits per heavy atom. The summed E-state index contributed by atoms with van der Waals surface area (Å²) in [5.74, 6) is 0.395. The summed E-state index contributed by atoms with van der Waals surface area (Å²) in [5, 5.41) is 52.4. The molecular weight excluding hydrogens is 771 g/mol. The zero-order chi connectivity index (χ0) is 42.9. The number of allylic oxidation sites excluding steroid dienone is 3. The quantitative estimate of drug-likeness (QED) is 0.0340. The Balaban J connectivity index is 1.12. The minimum Gasteiger partial charge on any atom is -0.480 e. The molecule has 4 aliphatic rings. The van der Waals surface area contributed by atoms with E-state index in [1.807, 2.05) is 54.4 Å². The predicted molar refractivity (Wildman–Crippen MR) is 244 cm³/mol. The third kappa shape index (κ3) is 9.23. The number of unbranched alkanes of at least 4 members (excludes halogenated alkanes) is 1. The van der Waals surface area contributed by atoms with Crippen LogP contribution in [0, 0.1) is 34.0 Å². The van der Waals surface area contributed by atoms with Gasteiger partial charge in [0, 0.05) is 42.1 Å². The lowest BCUT2D eigenvalue weighted by atomic mass is 9.43. The van der Waals surface area contributed by atoms with Crippen LogP contribution in [0.25, 0.3) is 15.8 Å². The zero-order valence-electron chi connectivity index (χ0n) is 36.6. The number of thiazole rings is 1. The highest BCUT2D eigenvalue weighted by atomic mass is 32.1. The molecule has 2 aliphatic carbocycles. The molecule has 3 aromatic rings. The van der Waals surface area contributed by atoms with Gasteiger partial charge in [-0.05, 0) is 149 Å². The molecule has 2 aromatic heterocycles. The van der Waals surface area contributed by atoms with Gasteiger partial charge in [-0.1, -0.05) is 57.6 Å². The number of hydrogen-bond donors (Lipinski definition) is 7. The highest BCUT2D eigenvalue weighted by Gasteiger charge is 2.58. The van der Waals surface area contributed by atoms with E-state index in [-0.39, 0.29) is 34.0 Å². The molecule has 2 bridgehead atoms. The SMILES string of the molecule is CCC1(C)CC2(CCCNCCCCO)CC(C)(C)CC(Cn3ncc(C4=CC=C(N5CCC/C(=C(C)/C(N)=N\c6nc7ccccc7s6)C5=N)NC4=C(O)O)c3C)(C1)C2. The fraction of sp³-hybridized carbons (Fsp3) is 0.574. The number of nitrogens with zero attached hydrogens (tertiary/aromatic N) is 5. The summed E-state index contributed by atoms with van der Waals surface area (Å²) in [7, 11) is 0. The Labute approximate surface area is 360 Å². The first kappa shape index (κ1) is 43.6.